The van der Waals surface area contributed by atoms with Gasteiger partial charge in [0.15, 0.2) is 0 Å². The van der Waals surface area contributed by atoms with Crippen molar-refractivity contribution < 1.29 is 5.11 Å². The van der Waals surface area contributed by atoms with Crippen LogP contribution in [0.2, 0.25) is 0 Å². The molecule has 3 heteroatoms. The van der Waals surface area contributed by atoms with Crippen LogP contribution in [0.15, 0.2) is 24.3 Å². The maximum Gasteiger partial charge on any atom is 0.115 e. The average molecular weight is 195 g/mol. The first-order chi connectivity index (χ1) is 6.18. The number of thiocarbonyl (C=S) groups is 1. The summed E-state index contributed by atoms with van der Waals surface area (Å²) in [5.74, 6) is 0.304. The van der Waals surface area contributed by atoms with Crippen LogP contribution in [0.25, 0.3) is 0 Å². The van der Waals surface area contributed by atoms with Crippen molar-refractivity contribution in [3.8, 4) is 5.75 Å². The van der Waals surface area contributed by atoms with Crippen molar-refractivity contribution >= 4 is 17.2 Å². The van der Waals surface area contributed by atoms with Gasteiger partial charge >= 0.3 is 0 Å². The Morgan fingerprint density at radius 1 is 1.31 bits per heavy atom. The molecule has 2 nitrogen and oxygen atoms in total. The molecule has 0 atom stereocenters. The second-order valence-corrected chi connectivity index (χ2v) is 3.51. The Morgan fingerprint density at radius 3 is 2.46 bits per heavy atom. The van der Waals surface area contributed by atoms with Crippen LogP contribution in [0.4, 0.5) is 0 Å². The van der Waals surface area contributed by atoms with Crippen LogP contribution < -0.4 is 5.73 Å². The highest BCUT2D eigenvalue weighted by Crippen LogP contribution is 2.11. The molecule has 1 aromatic carbocycles. The van der Waals surface area contributed by atoms with Gasteiger partial charge in [-0.3, -0.25) is 0 Å². The van der Waals surface area contributed by atoms with Crippen LogP contribution >= 0.6 is 12.2 Å². The zero-order chi connectivity index (χ0) is 9.68. The van der Waals surface area contributed by atoms with Gasteiger partial charge in [0.2, 0.25) is 0 Å². The lowest BCUT2D eigenvalue weighted by Crippen LogP contribution is -2.07. The summed E-state index contributed by atoms with van der Waals surface area (Å²) in [6, 6.07) is 7.20. The number of aryl methyl sites for hydroxylation is 1. The zero-order valence-corrected chi connectivity index (χ0v) is 8.18. The first-order valence-electron chi connectivity index (χ1n) is 4.24. The predicted molar refractivity (Wildman–Crippen MR) is 57.8 cm³/mol. The molecule has 0 spiro atoms. The van der Waals surface area contributed by atoms with E-state index in [2.05, 4.69) is 0 Å². The molecule has 0 aliphatic heterocycles. The van der Waals surface area contributed by atoms with E-state index in [0.717, 1.165) is 19.3 Å². The minimum Gasteiger partial charge on any atom is -0.508 e. The van der Waals surface area contributed by atoms with Gasteiger partial charge in [-0.1, -0.05) is 24.4 Å². The van der Waals surface area contributed by atoms with Gasteiger partial charge in [-0.2, -0.15) is 0 Å². The van der Waals surface area contributed by atoms with E-state index in [0.29, 0.717) is 10.7 Å². The number of nitrogens with two attached hydrogens (primary N) is 1. The summed E-state index contributed by atoms with van der Waals surface area (Å²) < 4.78 is 0. The third-order valence-corrected chi connectivity index (χ3v) is 2.03. The van der Waals surface area contributed by atoms with Gasteiger partial charge in [-0.15, -0.1) is 0 Å². The number of phenolic OH excluding ortho intramolecular Hbond substituents is 1. The Morgan fingerprint density at radius 2 is 1.92 bits per heavy atom. The number of benzene rings is 1. The first kappa shape index (κ1) is 9.99. The second kappa shape index (κ2) is 4.82. The molecule has 0 amide bonds. The molecule has 0 saturated heterocycles. The summed E-state index contributed by atoms with van der Waals surface area (Å²) in [5.41, 5.74) is 6.57. The normalized spacial score (nSPS) is 9.85. The smallest absolute Gasteiger partial charge is 0.115 e. The third-order valence-electron chi connectivity index (χ3n) is 1.82. The molecule has 3 N–H and O–H groups in total. The Labute approximate surface area is 83.4 Å². The Balaban J connectivity index is 2.37. The first-order valence-corrected chi connectivity index (χ1v) is 4.65. The molecule has 0 radical (unpaired) electrons. The molecule has 0 unspecified atom stereocenters. The SMILES string of the molecule is NC(=S)CCCc1ccc(O)cc1. The summed E-state index contributed by atoms with van der Waals surface area (Å²) >= 11 is 4.77. The highest BCUT2D eigenvalue weighted by Gasteiger charge is 1.94. The van der Waals surface area contributed by atoms with Crippen molar-refractivity contribution in [1.29, 1.82) is 0 Å². The zero-order valence-electron chi connectivity index (χ0n) is 7.36. The molecule has 0 fully saturated rings. The molecule has 70 valence electrons. The van der Waals surface area contributed by atoms with E-state index in [4.69, 9.17) is 23.1 Å². The second-order valence-electron chi connectivity index (χ2n) is 2.99. The third kappa shape index (κ3) is 3.90. The Bertz CT molecular complexity index is 281. The molecule has 13 heavy (non-hydrogen) atoms. The van der Waals surface area contributed by atoms with Crippen molar-refractivity contribution in [2.24, 2.45) is 5.73 Å². The quantitative estimate of drug-likeness (QED) is 0.722. The van der Waals surface area contributed by atoms with Crippen LogP contribution in [0.5, 0.6) is 5.75 Å². The molecule has 0 aromatic heterocycles. The lowest BCUT2D eigenvalue weighted by Gasteiger charge is -2.00. The van der Waals surface area contributed by atoms with Gasteiger partial charge in [0, 0.05) is 0 Å². The Hall–Kier alpha value is -1.09. The number of hydrogen-bond acceptors (Lipinski definition) is 2. The highest BCUT2D eigenvalue weighted by molar-refractivity contribution is 7.80. The molecule has 1 rings (SSSR count). The summed E-state index contributed by atoms with van der Waals surface area (Å²) in [6.45, 7) is 0. The molecule has 0 bridgehead atoms. The summed E-state index contributed by atoms with van der Waals surface area (Å²) in [7, 11) is 0. The van der Waals surface area contributed by atoms with E-state index < -0.39 is 0 Å². The molecule has 1 aromatic rings. The van der Waals surface area contributed by atoms with Gasteiger partial charge < -0.3 is 10.8 Å². The van der Waals surface area contributed by atoms with Crippen molar-refractivity contribution in [2.45, 2.75) is 19.3 Å². The van der Waals surface area contributed by atoms with E-state index in [9.17, 15) is 0 Å². The highest BCUT2D eigenvalue weighted by atomic mass is 32.1. The molecular weight excluding hydrogens is 182 g/mol. The van der Waals surface area contributed by atoms with Crippen molar-refractivity contribution in [3.63, 3.8) is 0 Å². The van der Waals surface area contributed by atoms with Gasteiger partial charge in [0.05, 0.1) is 4.99 Å². The maximum absolute atomic E-state index is 9.03. The van der Waals surface area contributed by atoms with E-state index in [1.165, 1.54) is 5.56 Å². The van der Waals surface area contributed by atoms with E-state index in [1.54, 1.807) is 12.1 Å². The lowest BCUT2D eigenvalue weighted by molar-refractivity contribution is 0.475. The fourth-order valence-corrected chi connectivity index (χ4v) is 1.27. The molecular formula is C10H13NOS. The number of aromatic hydroxyl groups is 1. The summed E-state index contributed by atoms with van der Waals surface area (Å²) in [6.07, 6.45) is 2.72. The van der Waals surface area contributed by atoms with Crippen LogP contribution in [0, 0.1) is 0 Å². The van der Waals surface area contributed by atoms with Crippen molar-refractivity contribution in [3.05, 3.63) is 29.8 Å². The maximum atomic E-state index is 9.03. The minimum absolute atomic E-state index is 0.304. The van der Waals surface area contributed by atoms with Gasteiger partial charge in [0.1, 0.15) is 5.75 Å². The van der Waals surface area contributed by atoms with Crippen molar-refractivity contribution in [1.82, 2.24) is 0 Å². The fraction of sp³-hybridized carbons (Fsp3) is 0.300. The number of phenols is 1. The predicted octanol–water partition coefficient (Wildman–Crippen LogP) is 2.00. The molecule has 0 saturated carbocycles. The monoisotopic (exact) mass is 195 g/mol. The Kier molecular flexibility index (Phi) is 3.71. The van der Waals surface area contributed by atoms with Crippen LogP contribution in [-0.4, -0.2) is 10.1 Å². The largest absolute Gasteiger partial charge is 0.508 e. The standard InChI is InChI=1S/C10H13NOS/c11-10(13)3-1-2-8-4-6-9(12)7-5-8/h4-7,12H,1-3H2,(H2,11,13). The minimum atomic E-state index is 0.304. The molecule has 0 heterocycles. The van der Waals surface area contributed by atoms with E-state index >= 15 is 0 Å². The van der Waals surface area contributed by atoms with Gasteiger partial charge in [0.25, 0.3) is 0 Å². The number of hydrogen-bond donors (Lipinski definition) is 2. The topological polar surface area (TPSA) is 46.2 Å². The van der Waals surface area contributed by atoms with Crippen LogP contribution in [0.3, 0.4) is 0 Å². The van der Waals surface area contributed by atoms with Crippen molar-refractivity contribution in [2.75, 3.05) is 0 Å². The van der Waals surface area contributed by atoms with E-state index in [1.807, 2.05) is 12.1 Å². The van der Waals surface area contributed by atoms with Gasteiger partial charge in [-0.05, 0) is 37.0 Å². The van der Waals surface area contributed by atoms with E-state index in [-0.39, 0.29) is 0 Å². The number of rotatable bonds is 4. The van der Waals surface area contributed by atoms with Gasteiger partial charge in [-0.25, -0.2) is 0 Å². The summed E-state index contributed by atoms with van der Waals surface area (Å²) in [5, 5.41) is 9.03. The fourth-order valence-electron chi connectivity index (χ4n) is 1.13. The average Bonchev–Trinajstić information content (AvgIpc) is 2.08. The van der Waals surface area contributed by atoms with Crippen LogP contribution in [0.1, 0.15) is 18.4 Å². The lowest BCUT2D eigenvalue weighted by atomic mass is 10.1. The molecule has 0 aliphatic carbocycles. The summed E-state index contributed by atoms with van der Waals surface area (Å²) in [4.78, 5) is 0.568. The van der Waals surface area contributed by atoms with Crippen LogP contribution in [-0.2, 0) is 6.42 Å². The molecule has 0 aliphatic rings.